The van der Waals surface area contributed by atoms with Crippen molar-refractivity contribution in [1.29, 1.82) is 0 Å². The Morgan fingerprint density at radius 1 is 1.24 bits per heavy atom. The van der Waals surface area contributed by atoms with Crippen LogP contribution in [0.15, 0.2) is 22.6 Å². The normalized spacial score (nSPS) is 10.5. The molecule has 1 amide bonds. The number of nitrogens with one attached hydrogen (secondary N) is 1. The van der Waals surface area contributed by atoms with Crippen molar-refractivity contribution >= 4 is 29.1 Å². The summed E-state index contributed by atoms with van der Waals surface area (Å²) in [5, 5.41) is 3.40. The highest BCUT2D eigenvalue weighted by atomic mass is 35.5. The lowest BCUT2D eigenvalue weighted by Crippen LogP contribution is -2.22. The molecule has 4 nitrogen and oxygen atoms in total. The lowest BCUT2D eigenvalue weighted by atomic mass is 10.2. The first-order valence-electron chi connectivity index (χ1n) is 6.29. The van der Waals surface area contributed by atoms with Gasteiger partial charge in [-0.15, -0.1) is 0 Å². The van der Waals surface area contributed by atoms with Gasteiger partial charge in [0.05, 0.1) is 17.2 Å². The van der Waals surface area contributed by atoms with Crippen LogP contribution in [0, 0.1) is 13.8 Å². The number of rotatable bonds is 4. The van der Waals surface area contributed by atoms with Crippen LogP contribution >= 0.6 is 23.2 Å². The van der Waals surface area contributed by atoms with E-state index in [0.717, 1.165) is 17.1 Å². The number of benzene rings is 1. The van der Waals surface area contributed by atoms with Gasteiger partial charge < -0.3 is 14.5 Å². The number of hydrogen-bond acceptors (Lipinski definition) is 3. The zero-order chi connectivity index (χ0) is 15.6. The topological polar surface area (TPSA) is 51.5 Å². The number of ether oxygens (including phenoxy) is 1. The monoisotopic (exact) mass is 327 g/mol. The molecule has 2 aromatic rings. The van der Waals surface area contributed by atoms with Crippen molar-refractivity contribution in [3.63, 3.8) is 0 Å². The van der Waals surface area contributed by atoms with Crippen molar-refractivity contribution in [2.45, 2.75) is 20.4 Å². The Morgan fingerprint density at radius 3 is 2.33 bits per heavy atom. The van der Waals surface area contributed by atoms with E-state index in [-0.39, 0.29) is 5.91 Å². The second kappa shape index (κ2) is 6.41. The zero-order valence-corrected chi connectivity index (χ0v) is 13.4. The number of hydrogen-bond donors (Lipinski definition) is 1. The number of furan rings is 1. The quantitative estimate of drug-likeness (QED) is 0.918. The van der Waals surface area contributed by atoms with E-state index in [1.807, 2.05) is 19.9 Å². The third-order valence-corrected chi connectivity index (χ3v) is 3.61. The van der Waals surface area contributed by atoms with Crippen LogP contribution in [0.4, 0.5) is 0 Å². The van der Waals surface area contributed by atoms with Gasteiger partial charge in [-0.1, -0.05) is 23.2 Å². The van der Waals surface area contributed by atoms with Crippen LogP contribution in [0.5, 0.6) is 5.75 Å². The Hall–Kier alpha value is -1.65. The zero-order valence-electron chi connectivity index (χ0n) is 11.9. The molecular weight excluding hydrogens is 313 g/mol. The number of carbonyl (C=O) groups excluding carboxylic acids is 1. The summed E-state index contributed by atoms with van der Waals surface area (Å²) in [6, 6.07) is 4.94. The molecule has 0 atom stereocenters. The number of methoxy groups -OCH3 is 1. The van der Waals surface area contributed by atoms with Crippen LogP contribution in [-0.4, -0.2) is 13.0 Å². The smallest absolute Gasteiger partial charge is 0.251 e. The molecule has 0 saturated heterocycles. The summed E-state index contributed by atoms with van der Waals surface area (Å²) >= 11 is 12.0. The Morgan fingerprint density at radius 2 is 1.86 bits per heavy atom. The van der Waals surface area contributed by atoms with Crippen LogP contribution in [-0.2, 0) is 6.54 Å². The van der Waals surface area contributed by atoms with E-state index in [4.69, 9.17) is 32.4 Å². The molecule has 0 spiro atoms. The van der Waals surface area contributed by atoms with E-state index < -0.39 is 0 Å². The molecule has 1 aromatic heterocycles. The van der Waals surface area contributed by atoms with Gasteiger partial charge in [0.15, 0.2) is 5.75 Å². The van der Waals surface area contributed by atoms with Crippen LogP contribution in [0.1, 0.15) is 27.4 Å². The van der Waals surface area contributed by atoms with E-state index >= 15 is 0 Å². The van der Waals surface area contributed by atoms with Crippen molar-refractivity contribution in [2.24, 2.45) is 0 Å². The average Bonchev–Trinajstić information content (AvgIpc) is 2.74. The first-order valence-corrected chi connectivity index (χ1v) is 7.05. The maximum Gasteiger partial charge on any atom is 0.251 e. The Balaban J connectivity index is 2.12. The highest BCUT2D eigenvalue weighted by Gasteiger charge is 2.14. The van der Waals surface area contributed by atoms with Gasteiger partial charge in [0.25, 0.3) is 5.91 Å². The lowest BCUT2D eigenvalue weighted by Gasteiger charge is -2.09. The minimum Gasteiger partial charge on any atom is -0.494 e. The summed E-state index contributed by atoms with van der Waals surface area (Å²) < 4.78 is 10.5. The SMILES string of the molecule is COc1c(Cl)cc(C(=O)NCc2cc(C)oc2C)cc1Cl. The number of carbonyl (C=O) groups is 1. The molecular formula is C15H15Cl2NO3. The number of aryl methyl sites for hydroxylation is 2. The second-order valence-electron chi connectivity index (χ2n) is 4.59. The van der Waals surface area contributed by atoms with Crippen molar-refractivity contribution in [3.8, 4) is 5.75 Å². The van der Waals surface area contributed by atoms with Crippen LogP contribution in [0.2, 0.25) is 10.0 Å². The molecule has 1 aromatic carbocycles. The maximum atomic E-state index is 12.1. The summed E-state index contributed by atoms with van der Waals surface area (Å²) in [5.74, 6) is 1.70. The predicted molar refractivity (Wildman–Crippen MR) is 82.4 cm³/mol. The number of amides is 1. The minimum atomic E-state index is -0.264. The molecule has 0 radical (unpaired) electrons. The molecule has 21 heavy (non-hydrogen) atoms. The van der Waals surface area contributed by atoms with Gasteiger partial charge in [-0.25, -0.2) is 0 Å². The van der Waals surface area contributed by atoms with Gasteiger partial charge in [0.2, 0.25) is 0 Å². The fourth-order valence-electron chi connectivity index (χ4n) is 2.02. The standard InChI is InChI=1S/C15H15Cl2NO3/c1-8-4-11(9(2)21-8)7-18-15(19)10-5-12(16)14(20-3)13(17)6-10/h4-6H,7H2,1-3H3,(H,18,19). The molecule has 0 saturated carbocycles. The molecule has 0 aliphatic heterocycles. The fraction of sp³-hybridized carbons (Fsp3) is 0.267. The van der Waals surface area contributed by atoms with Crippen LogP contribution in [0.3, 0.4) is 0 Å². The highest BCUT2D eigenvalue weighted by Crippen LogP contribution is 2.33. The van der Waals surface area contributed by atoms with Crippen molar-refractivity contribution < 1.29 is 13.9 Å². The third kappa shape index (κ3) is 3.52. The lowest BCUT2D eigenvalue weighted by molar-refractivity contribution is 0.0951. The largest absolute Gasteiger partial charge is 0.494 e. The van der Waals surface area contributed by atoms with E-state index in [9.17, 15) is 4.79 Å². The first kappa shape index (κ1) is 15.7. The molecule has 1 N–H and O–H groups in total. The average molecular weight is 328 g/mol. The van der Waals surface area contributed by atoms with Crippen LogP contribution in [0.25, 0.3) is 0 Å². The molecule has 0 fully saturated rings. The van der Waals surface area contributed by atoms with Gasteiger partial charge in [0.1, 0.15) is 11.5 Å². The van der Waals surface area contributed by atoms with Gasteiger partial charge in [0, 0.05) is 17.7 Å². The summed E-state index contributed by atoms with van der Waals surface area (Å²) in [6.45, 7) is 4.10. The molecule has 0 aliphatic carbocycles. The molecule has 112 valence electrons. The van der Waals surface area contributed by atoms with Gasteiger partial charge in [-0.3, -0.25) is 4.79 Å². The van der Waals surface area contributed by atoms with Gasteiger partial charge in [-0.2, -0.15) is 0 Å². The Kier molecular flexibility index (Phi) is 4.80. The number of halogens is 2. The third-order valence-electron chi connectivity index (χ3n) is 3.05. The summed E-state index contributed by atoms with van der Waals surface area (Å²) in [6.07, 6.45) is 0. The summed E-state index contributed by atoms with van der Waals surface area (Å²) in [7, 11) is 1.47. The summed E-state index contributed by atoms with van der Waals surface area (Å²) in [5.41, 5.74) is 1.32. The van der Waals surface area contributed by atoms with Gasteiger partial charge in [-0.05, 0) is 32.0 Å². The second-order valence-corrected chi connectivity index (χ2v) is 5.41. The molecule has 1 heterocycles. The van der Waals surface area contributed by atoms with Crippen molar-refractivity contribution in [2.75, 3.05) is 7.11 Å². The fourth-order valence-corrected chi connectivity index (χ4v) is 2.66. The Bertz CT molecular complexity index is 657. The molecule has 0 unspecified atom stereocenters. The van der Waals surface area contributed by atoms with E-state index in [1.165, 1.54) is 19.2 Å². The maximum absolute atomic E-state index is 12.1. The van der Waals surface area contributed by atoms with Crippen LogP contribution < -0.4 is 10.1 Å². The highest BCUT2D eigenvalue weighted by molar-refractivity contribution is 6.37. The molecule has 0 bridgehead atoms. The Labute approximate surface area is 133 Å². The van der Waals surface area contributed by atoms with E-state index in [0.29, 0.717) is 27.9 Å². The van der Waals surface area contributed by atoms with E-state index in [2.05, 4.69) is 5.32 Å². The van der Waals surface area contributed by atoms with Crippen molar-refractivity contribution in [3.05, 3.63) is 50.9 Å². The first-order chi connectivity index (χ1) is 9.92. The molecule has 6 heteroatoms. The molecule has 0 aliphatic rings. The van der Waals surface area contributed by atoms with Gasteiger partial charge >= 0.3 is 0 Å². The predicted octanol–water partition coefficient (Wildman–Crippen LogP) is 4.14. The minimum absolute atomic E-state index is 0.264. The van der Waals surface area contributed by atoms with E-state index in [1.54, 1.807) is 0 Å². The molecule has 2 rings (SSSR count). The van der Waals surface area contributed by atoms with Crippen molar-refractivity contribution in [1.82, 2.24) is 5.32 Å². The summed E-state index contributed by atoms with van der Waals surface area (Å²) in [4.78, 5) is 12.1.